The van der Waals surface area contributed by atoms with E-state index in [9.17, 15) is 0 Å². The Kier molecular flexibility index (Phi) is 7.51. The van der Waals surface area contributed by atoms with Gasteiger partial charge in [-0.3, -0.25) is 4.57 Å². The van der Waals surface area contributed by atoms with Crippen molar-refractivity contribution in [2.75, 3.05) is 0 Å². The summed E-state index contributed by atoms with van der Waals surface area (Å²) in [5, 5.41) is 7.16. The van der Waals surface area contributed by atoms with Crippen LogP contribution in [0.5, 0.6) is 11.5 Å². The van der Waals surface area contributed by atoms with Gasteiger partial charge in [0.15, 0.2) is 0 Å². The van der Waals surface area contributed by atoms with E-state index in [-0.39, 0.29) is 5.41 Å². The minimum absolute atomic E-state index is 0.0109. The molecule has 7 aromatic rings. The third-order valence-electron chi connectivity index (χ3n) is 9.11. The van der Waals surface area contributed by atoms with E-state index < -0.39 is 0 Å². The van der Waals surface area contributed by atoms with Gasteiger partial charge in [0.1, 0.15) is 17.3 Å². The molecule has 0 atom stereocenters. The van der Waals surface area contributed by atoms with Crippen LogP contribution >= 0.6 is 0 Å². The molecule has 0 aliphatic carbocycles. The van der Waals surface area contributed by atoms with Crippen LogP contribution in [-0.2, 0) is 5.41 Å². The van der Waals surface area contributed by atoms with Crippen LogP contribution in [0, 0.1) is 20.8 Å². The number of benzene rings is 4. The fourth-order valence-corrected chi connectivity index (χ4v) is 6.76. The molecule has 0 saturated carbocycles. The molecule has 5 nitrogen and oxygen atoms in total. The summed E-state index contributed by atoms with van der Waals surface area (Å²) >= 11 is 0. The van der Waals surface area contributed by atoms with E-state index in [2.05, 4.69) is 151 Å². The van der Waals surface area contributed by atoms with Crippen molar-refractivity contribution < 1.29 is 4.74 Å². The van der Waals surface area contributed by atoms with E-state index >= 15 is 0 Å². The van der Waals surface area contributed by atoms with Crippen LogP contribution < -0.4 is 4.74 Å². The minimum Gasteiger partial charge on any atom is -0.457 e. The molecule has 3 aromatic heterocycles. The maximum atomic E-state index is 6.67. The number of pyridine rings is 1. The van der Waals surface area contributed by atoms with Gasteiger partial charge in [-0.25, -0.2) is 9.67 Å². The zero-order valence-corrected chi connectivity index (χ0v) is 28.6. The van der Waals surface area contributed by atoms with Gasteiger partial charge in [0, 0.05) is 40.9 Å². The number of aromatic nitrogens is 4. The van der Waals surface area contributed by atoms with Crippen LogP contribution in [-0.4, -0.2) is 19.3 Å². The standard InChI is InChI=1S/C42H42N4O/c1-26(2)30-19-33(45-25-31(24-44-45)41-28(4)17-27(3)18-29(41)5)22-35(20-30)47-34-13-14-37-36-11-9-10-12-38(36)46(39(37)23-34)40-21-32(15-16-43-40)42(6,7)8/h9-26H,1-8H3. The first-order chi connectivity index (χ1) is 22.5. The Hall–Kier alpha value is -5.16. The van der Waals surface area contributed by atoms with E-state index in [0.717, 1.165) is 39.6 Å². The van der Waals surface area contributed by atoms with Gasteiger partial charge in [-0.1, -0.05) is 70.5 Å². The molecule has 7 rings (SSSR count). The zero-order chi connectivity index (χ0) is 33.0. The normalized spacial score (nSPS) is 12.0. The SMILES string of the molecule is Cc1cc(C)c(-c2cnn(-c3cc(Oc4ccc5c6ccccc6n(-c6cc(C(C)(C)C)ccn6)c5c4)cc(C(C)C)c3)c2)c(C)c1. The fourth-order valence-electron chi connectivity index (χ4n) is 6.76. The highest BCUT2D eigenvalue weighted by Gasteiger charge is 2.19. The number of para-hydroxylation sites is 1. The number of ether oxygens (including phenoxy) is 1. The van der Waals surface area contributed by atoms with Crippen molar-refractivity contribution in [1.82, 2.24) is 19.3 Å². The van der Waals surface area contributed by atoms with Crippen molar-refractivity contribution in [3.8, 4) is 34.1 Å². The molecule has 4 aromatic carbocycles. The molecule has 3 heterocycles. The van der Waals surface area contributed by atoms with Crippen LogP contribution in [0.2, 0.25) is 0 Å². The van der Waals surface area contributed by atoms with Crippen LogP contribution in [0.1, 0.15) is 68.4 Å². The average molecular weight is 619 g/mol. The summed E-state index contributed by atoms with van der Waals surface area (Å²) in [6.45, 7) is 17.6. The lowest BCUT2D eigenvalue weighted by molar-refractivity contribution is 0.481. The molecule has 0 radical (unpaired) electrons. The summed E-state index contributed by atoms with van der Waals surface area (Å²) in [4.78, 5) is 4.84. The summed E-state index contributed by atoms with van der Waals surface area (Å²) in [6.07, 6.45) is 6.00. The molecule has 0 fully saturated rings. The van der Waals surface area contributed by atoms with Gasteiger partial charge in [0.05, 0.1) is 22.9 Å². The first-order valence-electron chi connectivity index (χ1n) is 16.4. The summed E-state index contributed by atoms with van der Waals surface area (Å²) < 4.78 is 10.9. The Morgan fingerprint density at radius 2 is 1.49 bits per heavy atom. The molecular weight excluding hydrogens is 576 g/mol. The Morgan fingerprint density at radius 3 is 2.23 bits per heavy atom. The van der Waals surface area contributed by atoms with Crippen molar-refractivity contribution in [3.05, 3.63) is 131 Å². The number of fused-ring (bicyclic) bond motifs is 3. The molecule has 0 N–H and O–H groups in total. The lowest BCUT2D eigenvalue weighted by Crippen LogP contribution is -2.12. The van der Waals surface area contributed by atoms with Crippen LogP contribution in [0.15, 0.2) is 104 Å². The summed E-state index contributed by atoms with van der Waals surface area (Å²) in [5.41, 5.74) is 11.7. The smallest absolute Gasteiger partial charge is 0.137 e. The lowest BCUT2D eigenvalue weighted by atomic mass is 9.88. The zero-order valence-electron chi connectivity index (χ0n) is 28.6. The number of aryl methyl sites for hydroxylation is 3. The summed E-state index contributed by atoms with van der Waals surface area (Å²) in [7, 11) is 0. The van der Waals surface area contributed by atoms with Crippen molar-refractivity contribution in [2.45, 2.75) is 66.7 Å². The Labute approximate surface area is 277 Å². The Morgan fingerprint density at radius 1 is 0.745 bits per heavy atom. The van der Waals surface area contributed by atoms with E-state index in [1.54, 1.807) is 0 Å². The van der Waals surface area contributed by atoms with E-state index in [4.69, 9.17) is 14.8 Å². The maximum absolute atomic E-state index is 6.67. The first kappa shape index (κ1) is 30.5. The second-order valence-corrected chi connectivity index (χ2v) is 14.1. The van der Waals surface area contributed by atoms with Crippen molar-refractivity contribution in [3.63, 3.8) is 0 Å². The van der Waals surface area contributed by atoms with E-state index in [0.29, 0.717) is 5.92 Å². The number of hydrogen-bond donors (Lipinski definition) is 0. The molecule has 236 valence electrons. The summed E-state index contributed by atoms with van der Waals surface area (Å²) in [5.74, 6) is 2.77. The van der Waals surface area contributed by atoms with Crippen LogP contribution in [0.25, 0.3) is 44.4 Å². The minimum atomic E-state index is 0.0109. The quantitative estimate of drug-likeness (QED) is 0.186. The molecule has 0 unspecified atom stereocenters. The highest BCUT2D eigenvalue weighted by molar-refractivity contribution is 6.09. The van der Waals surface area contributed by atoms with Crippen molar-refractivity contribution >= 4 is 21.8 Å². The predicted octanol–water partition coefficient (Wildman–Crippen LogP) is 11.2. The van der Waals surface area contributed by atoms with Gasteiger partial charge in [-0.15, -0.1) is 0 Å². The molecule has 0 spiro atoms. The number of nitrogens with zero attached hydrogens (tertiary/aromatic N) is 4. The lowest BCUT2D eigenvalue weighted by Gasteiger charge is -2.20. The maximum Gasteiger partial charge on any atom is 0.137 e. The van der Waals surface area contributed by atoms with Crippen LogP contribution in [0.4, 0.5) is 0 Å². The highest BCUT2D eigenvalue weighted by atomic mass is 16.5. The van der Waals surface area contributed by atoms with E-state index in [1.807, 2.05) is 17.1 Å². The second kappa shape index (κ2) is 11.6. The Bertz CT molecular complexity index is 2260. The predicted molar refractivity (Wildman–Crippen MR) is 195 cm³/mol. The molecule has 0 amide bonds. The Balaban J connectivity index is 1.31. The van der Waals surface area contributed by atoms with Gasteiger partial charge in [-0.2, -0.15) is 5.10 Å². The first-order valence-corrected chi connectivity index (χ1v) is 16.4. The van der Waals surface area contributed by atoms with Gasteiger partial charge < -0.3 is 4.74 Å². The fraction of sp³-hybridized carbons (Fsp3) is 0.238. The topological polar surface area (TPSA) is 44.9 Å². The summed E-state index contributed by atoms with van der Waals surface area (Å²) in [6, 6.07) is 30.1. The van der Waals surface area contributed by atoms with Gasteiger partial charge in [0.25, 0.3) is 0 Å². The largest absolute Gasteiger partial charge is 0.457 e. The van der Waals surface area contributed by atoms with Gasteiger partial charge >= 0.3 is 0 Å². The number of rotatable bonds is 6. The number of hydrogen-bond acceptors (Lipinski definition) is 3. The molecule has 0 aliphatic rings. The van der Waals surface area contributed by atoms with E-state index in [1.165, 1.54) is 44.2 Å². The second-order valence-electron chi connectivity index (χ2n) is 14.1. The van der Waals surface area contributed by atoms with Gasteiger partial charge in [0.2, 0.25) is 0 Å². The molecule has 47 heavy (non-hydrogen) atoms. The molecule has 0 bridgehead atoms. The van der Waals surface area contributed by atoms with Gasteiger partial charge in [-0.05, 0) is 102 Å². The van der Waals surface area contributed by atoms with Crippen LogP contribution in [0.3, 0.4) is 0 Å². The molecule has 0 aliphatic heterocycles. The third kappa shape index (κ3) is 5.71. The highest BCUT2D eigenvalue weighted by Crippen LogP contribution is 2.37. The molecule has 0 saturated heterocycles. The third-order valence-corrected chi connectivity index (χ3v) is 9.11. The molecular formula is C42H42N4O. The van der Waals surface area contributed by atoms with Crippen molar-refractivity contribution in [1.29, 1.82) is 0 Å². The average Bonchev–Trinajstić information content (AvgIpc) is 3.63. The molecule has 5 heteroatoms. The van der Waals surface area contributed by atoms with Crippen molar-refractivity contribution in [2.24, 2.45) is 0 Å². The monoisotopic (exact) mass is 618 g/mol.